The van der Waals surface area contributed by atoms with Gasteiger partial charge in [-0.1, -0.05) is 22.0 Å². The highest BCUT2D eigenvalue weighted by atomic mass is 127. The Hall–Kier alpha value is -0.160. The van der Waals surface area contributed by atoms with Crippen molar-refractivity contribution in [3.8, 4) is 0 Å². The minimum atomic E-state index is 0.389. The number of halogens is 2. The summed E-state index contributed by atoms with van der Waals surface area (Å²) < 4.78 is 1.94. The number of fused-ring (bicyclic) bond motifs is 1. The molecule has 0 spiro atoms. The summed E-state index contributed by atoms with van der Waals surface area (Å²) in [5, 5.41) is 1.03. The molecule has 0 fully saturated rings. The van der Waals surface area contributed by atoms with Crippen molar-refractivity contribution in [3.05, 3.63) is 51.3 Å². The van der Waals surface area contributed by atoms with E-state index in [9.17, 15) is 0 Å². The van der Waals surface area contributed by atoms with Crippen LogP contribution in [-0.2, 0) is 0 Å². The lowest BCUT2D eigenvalue weighted by molar-refractivity contribution is 1.29. The fourth-order valence-electron chi connectivity index (χ4n) is 1.23. The van der Waals surface area contributed by atoms with Crippen LogP contribution in [0.25, 0.3) is 10.9 Å². The van der Waals surface area contributed by atoms with Gasteiger partial charge in [0.2, 0.25) is 0 Å². The number of nitrogens with zero attached hydrogens (tertiary/aromatic N) is 1. The van der Waals surface area contributed by atoms with Gasteiger partial charge in [-0.3, -0.25) is 4.98 Å². The molecule has 1 nitrogen and oxygen atoms in total. The van der Waals surface area contributed by atoms with Gasteiger partial charge in [-0.15, -0.1) is 0 Å². The number of aromatic nitrogens is 1. The van der Waals surface area contributed by atoms with Gasteiger partial charge in [0, 0.05) is 27.3 Å². The Bertz CT molecular complexity index is 508. The zero-order valence-electron chi connectivity index (χ0n) is 7.09. The van der Waals surface area contributed by atoms with Crippen LogP contribution < -0.4 is 0 Å². The molecule has 0 aliphatic heterocycles. The second kappa shape index (κ2) is 3.77. The molecule has 0 aliphatic carbocycles. The normalized spacial score (nSPS) is 10.9. The maximum Gasteiger partial charge on any atom is 0.0727 e. The molecule has 0 N–H and O–H groups in total. The van der Waals surface area contributed by atoms with Crippen LogP contribution in [0.1, 0.15) is 11.3 Å². The SMILES string of the molecule is [CH]c1nc2cc(Br)ccc2c(I)c1[CH]. The van der Waals surface area contributed by atoms with E-state index in [0.29, 0.717) is 11.3 Å². The van der Waals surface area contributed by atoms with Gasteiger partial charge in [0.15, 0.2) is 0 Å². The Kier molecular flexibility index (Phi) is 2.79. The smallest absolute Gasteiger partial charge is 0.0727 e. The number of rotatable bonds is 0. The summed E-state index contributed by atoms with van der Waals surface area (Å²) in [5.74, 6) is 0. The van der Waals surface area contributed by atoms with Crippen molar-refractivity contribution >= 4 is 49.4 Å². The second-order valence-corrected chi connectivity index (χ2v) is 4.88. The molecular weight excluding hydrogens is 353 g/mol. The average molecular weight is 358 g/mol. The van der Waals surface area contributed by atoms with Crippen molar-refractivity contribution in [2.24, 2.45) is 0 Å². The van der Waals surface area contributed by atoms with Gasteiger partial charge >= 0.3 is 0 Å². The predicted octanol–water partition coefficient (Wildman–Crippen LogP) is 3.72. The standard InChI is InChI=1S/C11H5BrIN/c1-6-7(2)14-10-5-8(12)3-4-9(10)11(6)13/h1-5H. The molecule has 2 aromatic rings. The van der Waals surface area contributed by atoms with Crippen LogP contribution in [-0.4, -0.2) is 4.98 Å². The lowest BCUT2D eigenvalue weighted by Crippen LogP contribution is -1.93. The first kappa shape index (κ1) is 10.4. The molecule has 0 unspecified atom stereocenters. The van der Waals surface area contributed by atoms with E-state index in [4.69, 9.17) is 13.8 Å². The third-order valence-electron chi connectivity index (χ3n) is 1.95. The van der Waals surface area contributed by atoms with Crippen LogP contribution in [0, 0.1) is 17.4 Å². The van der Waals surface area contributed by atoms with Gasteiger partial charge in [-0.05, 0) is 40.3 Å². The Morgan fingerprint density at radius 3 is 2.71 bits per heavy atom. The molecule has 0 amide bonds. The number of benzene rings is 1. The first-order valence-electron chi connectivity index (χ1n) is 3.89. The first-order chi connectivity index (χ1) is 6.59. The molecule has 0 saturated heterocycles. The van der Waals surface area contributed by atoms with Crippen molar-refractivity contribution in [3.63, 3.8) is 0 Å². The van der Waals surface area contributed by atoms with Gasteiger partial charge in [-0.25, -0.2) is 0 Å². The number of hydrogen-bond donors (Lipinski definition) is 0. The fraction of sp³-hybridized carbons (Fsp3) is 0. The fourth-order valence-corrected chi connectivity index (χ4v) is 2.31. The van der Waals surface area contributed by atoms with E-state index in [0.717, 1.165) is 18.9 Å². The third kappa shape index (κ3) is 1.67. The van der Waals surface area contributed by atoms with Crippen LogP contribution in [0.15, 0.2) is 22.7 Å². The highest BCUT2D eigenvalue weighted by Gasteiger charge is 2.06. The summed E-state index contributed by atoms with van der Waals surface area (Å²) in [6.45, 7) is 11.5. The molecule has 4 radical (unpaired) electrons. The Morgan fingerprint density at radius 1 is 1.29 bits per heavy atom. The molecule has 2 rings (SSSR count). The summed E-state index contributed by atoms with van der Waals surface area (Å²) in [5.41, 5.74) is 1.80. The van der Waals surface area contributed by atoms with E-state index in [2.05, 4.69) is 43.5 Å². The highest BCUT2D eigenvalue weighted by Crippen LogP contribution is 2.26. The zero-order valence-corrected chi connectivity index (χ0v) is 10.8. The zero-order chi connectivity index (χ0) is 10.3. The van der Waals surface area contributed by atoms with Crippen LogP contribution in [0.5, 0.6) is 0 Å². The lowest BCUT2D eigenvalue weighted by atomic mass is 10.1. The van der Waals surface area contributed by atoms with E-state index in [-0.39, 0.29) is 0 Å². The molecule has 1 heterocycles. The minimum absolute atomic E-state index is 0.389. The Morgan fingerprint density at radius 2 is 2.00 bits per heavy atom. The number of hydrogen-bond acceptors (Lipinski definition) is 1. The first-order valence-corrected chi connectivity index (χ1v) is 5.76. The summed E-state index contributed by atoms with van der Waals surface area (Å²) in [4.78, 5) is 4.21. The summed E-state index contributed by atoms with van der Waals surface area (Å²) in [6, 6.07) is 5.86. The molecule has 0 aliphatic rings. The second-order valence-electron chi connectivity index (χ2n) is 2.89. The molecule has 68 valence electrons. The molecule has 14 heavy (non-hydrogen) atoms. The van der Waals surface area contributed by atoms with Gasteiger partial charge < -0.3 is 0 Å². The maximum atomic E-state index is 5.78. The third-order valence-corrected chi connectivity index (χ3v) is 3.61. The monoisotopic (exact) mass is 357 g/mol. The molecule has 0 saturated carbocycles. The molecular formula is C11H5BrIN. The van der Waals surface area contributed by atoms with Crippen LogP contribution in [0.4, 0.5) is 0 Å². The van der Waals surface area contributed by atoms with E-state index < -0.39 is 0 Å². The average Bonchev–Trinajstić information content (AvgIpc) is 2.14. The van der Waals surface area contributed by atoms with Crippen molar-refractivity contribution in [2.45, 2.75) is 0 Å². The molecule has 1 aromatic heterocycles. The summed E-state index contributed by atoms with van der Waals surface area (Å²) in [7, 11) is 0. The highest BCUT2D eigenvalue weighted by molar-refractivity contribution is 14.1. The molecule has 0 bridgehead atoms. The van der Waals surface area contributed by atoms with Gasteiger partial charge in [0.25, 0.3) is 0 Å². The minimum Gasteiger partial charge on any atom is -0.252 e. The van der Waals surface area contributed by atoms with Crippen LogP contribution >= 0.6 is 38.5 Å². The van der Waals surface area contributed by atoms with Gasteiger partial charge in [0.1, 0.15) is 0 Å². The van der Waals surface area contributed by atoms with Gasteiger partial charge in [0.05, 0.1) is 11.2 Å². The summed E-state index contributed by atoms with van der Waals surface area (Å²) >= 11 is 5.57. The topological polar surface area (TPSA) is 12.9 Å². The molecule has 3 heteroatoms. The van der Waals surface area contributed by atoms with Gasteiger partial charge in [-0.2, -0.15) is 0 Å². The quantitative estimate of drug-likeness (QED) is 0.655. The maximum absolute atomic E-state index is 5.78. The largest absolute Gasteiger partial charge is 0.252 e. The Balaban J connectivity index is 2.91. The number of pyridine rings is 1. The van der Waals surface area contributed by atoms with E-state index in [1.54, 1.807) is 0 Å². The van der Waals surface area contributed by atoms with Crippen LogP contribution in [0.3, 0.4) is 0 Å². The Labute approximate surface area is 105 Å². The van der Waals surface area contributed by atoms with Crippen molar-refractivity contribution in [1.29, 1.82) is 0 Å². The summed E-state index contributed by atoms with van der Waals surface area (Å²) in [6.07, 6.45) is 0. The lowest BCUT2D eigenvalue weighted by Gasteiger charge is -2.06. The van der Waals surface area contributed by atoms with Crippen LogP contribution in [0.2, 0.25) is 0 Å². The van der Waals surface area contributed by atoms with E-state index >= 15 is 0 Å². The van der Waals surface area contributed by atoms with E-state index in [1.165, 1.54) is 0 Å². The predicted molar refractivity (Wildman–Crippen MR) is 69.0 cm³/mol. The van der Waals surface area contributed by atoms with Crippen molar-refractivity contribution in [2.75, 3.05) is 0 Å². The molecule has 1 aromatic carbocycles. The molecule has 0 atom stereocenters. The van der Waals surface area contributed by atoms with Crippen molar-refractivity contribution < 1.29 is 0 Å². The van der Waals surface area contributed by atoms with E-state index in [1.807, 2.05) is 18.2 Å². The van der Waals surface area contributed by atoms with Crippen molar-refractivity contribution in [1.82, 2.24) is 4.98 Å².